The van der Waals surface area contributed by atoms with E-state index in [-0.39, 0.29) is 37.4 Å². The van der Waals surface area contributed by atoms with Crippen molar-refractivity contribution in [1.82, 2.24) is 0 Å². The average Bonchev–Trinajstić information content (AvgIpc) is 2.91. The topological polar surface area (TPSA) is 170 Å². The molecular formula is C27H39NO11. The van der Waals surface area contributed by atoms with Crippen LogP contribution in [0.2, 0.25) is 0 Å². The molecule has 1 aliphatic rings. The minimum atomic E-state index is -1.40. The maximum Gasteiger partial charge on any atom is 0.513 e. The third kappa shape index (κ3) is 10.6. The summed E-state index contributed by atoms with van der Waals surface area (Å²) in [6, 6.07) is 2.74. The van der Waals surface area contributed by atoms with Crippen LogP contribution in [0.5, 0.6) is 11.5 Å². The first-order valence-corrected chi connectivity index (χ1v) is 13.3. The fraction of sp³-hybridized carbons (Fsp3) is 0.630. The second-order valence-electron chi connectivity index (χ2n) is 9.41. The van der Waals surface area contributed by atoms with Crippen molar-refractivity contribution in [3.63, 3.8) is 0 Å². The molecular weight excluding hydrogens is 514 g/mol. The van der Waals surface area contributed by atoms with Crippen molar-refractivity contribution < 1.29 is 52.7 Å². The van der Waals surface area contributed by atoms with Gasteiger partial charge in [-0.25, -0.2) is 14.4 Å². The molecule has 3 N–H and O–H groups in total. The Morgan fingerprint density at radius 3 is 2.05 bits per heavy atom. The van der Waals surface area contributed by atoms with Gasteiger partial charge in [-0.1, -0.05) is 33.3 Å². The van der Waals surface area contributed by atoms with Gasteiger partial charge in [-0.2, -0.15) is 0 Å². The number of hydrogen-bond donors (Lipinski definition) is 2. The quantitative estimate of drug-likeness (QED) is 0.187. The highest BCUT2D eigenvalue weighted by Gasteiger charge is 2.33. The van der Waals surface area contributed by atoms with Gasteiger partial charge in [-0.05, 0) is 62.1 Å². The van der Waals surface area contributed by atoms with Gasteiger partial charge in [0.1, 0.15) is 12.1 Å². The molecule has 0 heterocycles. The summed E-state index contributed by atoms with van der Waals surface area (Å²) in [5.74, 6) is -3.11. The van der Waals surface area contributed by atoms with Crippen LogP contribution in [0, 0.1) is 5.92 Å². The first-order valence-electron chi connectivity index (χ1n) is 13.3. The first kappa shape index (κ1) is 31.7. The van der Waals surface area contributed by atoms with Crippen molar-refractivity contribution in [1.29, 1.82) is 0 Å². The van der Waals surface area contributed by atoms with Gasteiger partial charge in [0.2, 0.25) is 0 Å². The molecule has 0 aliphatic heterocycles. The highest BCUT2D eigenvalue weighted by molar-refractivity contribution is 5.75. The van der Waals surface area contributed by atoms with E-state index in [9.17, 15) is 24.3 Å². The summed E-state index contributed by atoms with van der Waals surface area (Å²) in [6.07, 6.45) is 2.69. The van der Waals surface area contributed by atoms with E-state index >= 15 is 0 Å². The number of ether oxygens (including phenoxy) is 6. The van der Waals surface area contributed by atoms with Crippen LogP contribution in [0.3, 0.4) is 0 Å². The zero-order chi connectivity index (χ0) is 28.8. The summed E-state index contributed by atoms with van der Waals surface area (Å²) in [5.41, 5.74) is 6.37. The number of carboxylic acids is 1. The highest BCUT2D eigenvalue weighted by Crippen LogP contribution is 2.36. The van der Waals surface area contributed by atoms with Gasteiger partial charge in [0.15, 0.2) is 11.5 Å². The molecule has 0 amide bonds. The first-order chi connectivity index (χ1) is 18.7. The molecule has 12 nitrogen and oxygen atoms in total. The molecule has 0 aromatic heterocycles. The Labute approximate surface area is 228 Å². The fourth-order valence-electron chi connectivity index (χ4n) is 4.21. The number of hydrogen-bond acceptors (Lipinski definition) is 11. The van der Waals surface area contributed by atoms with Crippen LogP contribution in [-0.4, -0.2) is 61.5 Å². The normalized spacial score (nSPS) is 15.8. The molecule has 3 atom stereocenters. The summed E-state index contributed by atoms with van der Waals surface area (Å²) in [4.78, 5) is 48.3. The molecule has 1 fully saturated rings. The number of carbonyl (C=O) groups is 4. The molecule has 2 unspecified atom stereocenters. The molecule has 0 saturated heterocycles. The maximum absolute atomic E-state index is 12.2. The molecule has 0 radical (unpaired) electrons. The molecule has 0 bridgehead atoms. The summed E-state index contributed by atoms with van der Waals surface area (Å²) >= 11 is 0. The van der Waals surface area contributed by atoms with Crippen molar-refractivity contribution in [3.05, 3.63) is 23.8 Å². The lowest BCUT2D eigenvalue weighted by Gasteiger charge is -2.28. The number of rotatable bonds is 13. The van der Waals surface area contributed by atoms with E-state index in [2.05, 4.69) is 0 Å². The van der Waals surface area contributed by atoms with Gasteiger partial charge in [0, 0.05) is 5.92 Å². The second kappa shape index (κ2) is 16.4. The molecule has 2 rings (SSSR count). The van der Waals surface area contributed by atoms with E-state index in [0.717, 1.165) is 32.1 Å². The second-order valence-corrected chi connectivity index (χ2v) is 9.41. The Morgan fingerprint density at radius 2 is 1.49 bits per heavy atom. The Kier molecular flexibility index (Phi) is 13.3. The number of nitrogens with two attached hydrogens (primary N) is 1. The lowest BCUT2D eigenvalue weighted by atomic mass is 9.82. The zero-order valence-corrected chi connectivity index (χ0v) is 22.7. The van der Waals surface area contributed by atoms with Gasteiger partial charge in [0.05, 0.1) is 19.8 Å². The summed E-state index contributed by atoms with van der Waals surface area (Å²) in [5, 5.41) is 9.68. The van der Waals surface area contributed by atoms with Crippen LogP contribution in [0.1, 0.15) is 77.2 Å². The lowest BCUT2D eigenvalue weighted by Crippen LogP contribution is -2.40. The van der Waals surface area contributed by atoms with Crippen molar-refractivity contribution >= 4 is 24.4 Å². The van der Waals surface area contributed by atoms with E-state index < -0.39 is 42.3 Å². The van der Waals surface area contributed by atoms with Crippen LogP contribution >= 0.6 is 0 Å². The lowest BCUT2D eigenvalue weighted by molar-refractivity contribution is -0.139. The number of aliphatic carboxylic acids is 1. The van der Waals surface area contributed by atoms with Gasteiger partial charge in [-0.15, -0.1) is 0 Å². The van der Waals surface area contributed by atoms with E-state index in [0.29, 0.717) is 18.4 Å². The SMILES string of the molecule is CCCOC(=O)Oc1ccc(C(C(C)COC(=O)OC2CCCCC2)[C@H](N)C(=O)O)cc1OC(=O)OCCC. The van der Waals surface area contributed by atoms with Gasteiger partial charge < -0.3 is 39.3 Å². The Hall–Kier alpha value is -3.54. The van der Waals surface area contributed by atoms with Gasteiger partial charge in [-0.3, -0.25) is 4.79 Å². The van der Waals surface area contributed by atoms with Crippen LogP contribution in [-0.2, 0) is 23.7 Å². The zero-order valence-electron chi connectivity index (χ0n) is 22.7. The standard InChI is InChI=1S/C27H39NO11/c1-4-13-34-25(31)38-20-12-11-18(15-21(20)39-26(32)35-14-5-2)22(23(28)24(29)30)17(3)16-36-27(33)37-19-9-7-6-8-10-19/h11-12,15,17,19,22-23H,4-10,13-14,16,28H2,1-3H3,(H,29,30)/t17?,22?,23-/m0/s1. The molecule has 1 saturated carbocycles. The van der Waals surface area contributed by atoms with Crippen LogP contribution in [0.4, 0.5) is 14.4 Å². The Morgan fingerprint density at radius 1 is 0.897 bits per heavy atom. The third-order valence-corrected chi connectivity index (χ3v) is 6.15. The molecule has 1 aromatic rings. The summed E-state index contributed by atoms with van der Waals surface area (Å²) in [7, 11) is 0. The van der Waals surface area contributed by atoms with Crippen LogP contribution in [0.25, 0.3) is 0 Å². The number of benzene rings is 1. The smallest absolute Gasteiger partial charge is 0.480 e. The Bertz CT molecular complexity index is 961. The van der Waals surface area contributed by atoms with Crippen LogP contribution in [0.15, 0.2) is 18.2 Å². The van der Waals surface area contributed by atoms with E-state index in [1.54, 1.807) is 13.8 Å². The minimum absolute atomic E-state index is 0.102. The van der Waals surface area contributed by atoms with Crippen molar-refractivity contribution in [3.8, 4) is 11.5 Å². The molecule has 39 heavy (non-hydrogen) atoms. The maximum atomic E-state index is 12.2. The monoisotopic (exact) mass is 553 g/mol. The molecule has 218 valence electrons. The highest BCUT2D eigenvalue weighted by atomic mass is 16.7. The van der Waals surface area contributed by atoms with Gasteiger partial charge in [0.25, 0.3) is 0 Å². The third-order valence-electron chi connectivity index (χ3n) is 6.15. The summed E-state index contributed by atoms with van der Waals surface area (Å²) < 4.78 is 31.0. The van der Waals surface area contributed by atoms with Crippen molar-refractivity contribution in [2.24, 2.45) is 11.7 Å². The predicted molar refractivity (Wildman–Crippen MR) is 138 cm³/mol. The summed E-state index contributed by atoms with van der Waals surface area (Å²) in [6.45, 7) is 5.34. The van der Waals surface area contributed by atoms with E-state index in [1.807, 2.05) is 6.92 Å². The largest absolute Gasteiger partial charge is 0.513 e. The molecule has 1 aliphatic carbocycles. The van der Waals surface area contributed by atoms with Crippen LogP contribution < -0.4 is 15.2 Å². The Balaban J connectivity index is 2.25. The molecule has 12 heteroatoms. The van der Waals surface area contributed by atoms with Gasteiger partial charge >= 0.3 is 24.4 Å². The minimum Gasteiger partial charge on any atom is -0.480 e. The van der Waals surface area contributed by atoms with E-state index in [1.165, 1.54) is 18.2 Å². The number of carboxylic acid groups (broad SMARTS) is 1. The van der Waals surface area contributed by atoms with Crippen molar-refractivity contribution in [2.45, 2.75) is 83.8 Å². The molecule has 0 spiro atoms. The average molecular weight is 554 g/mol. The fourth-order valence-corrected chi connectivity index (χ4v) is 4.21. The number of carbonyl (C=O) groups excluding carboxylic acids is 3. The van der Waals surface area contributed by atoms with Crippen molar-refractivity contribution in [2.75, 3.05) is 19.8 Å². The predicted octanol–water partition coefficient (Wildman–Crippen LogP) is 5.15. The molecule has 1 aromatic carbocycles. The van der Waals surface area contributed by atoms with E-state index in [4.69, 9.17) is 34.2 Å².